The maximum Gasteiger partial charge on any atom is 0.191 e. The fraction of sp³-hybridized carbons (Fsp3) is 0.667. The van der Waals surface area contributed by atoms with Crippen LogP contribution in [0.2, 0.25) is 0 Å². The molecule has 0 unspecified atom stereocenters. The minimum absolute atomic E-state index is 0. The maximum absolute atomic E-state index is 13.5. The van der Waals surface area contributed by atoms with Gasteiger partial charge in [0.1, 0.15) is 5.82 Å². The van der Waals surface area contributed by atoms with Crippen molar-refractivity contribution in [1.29, 1.82) is 0 Å². The first kappa shape index (κ1) is 24.1. The number of nitrogens with one attached hydrogen (secondary N) is 2. The number of unbranched alkanes of at least 4 members (excludes halogenated alkanes) is 1. The van der Waals surface area contributed by atoms with E-state index in [2.05, 4.69) is 36.3 Å². The van der Waals surface area contributed by atoms with E-state index in [1.165, 1.54) is 12.5 Å². The van der Waals surface area contributed by atoms with E-state index in [1.807, 2.05) is 6.07 Å². The number of guanidine groups is 1. The molecule has 0 bridgehead atoms. The third kappa shape index (κ3) is 7.94. The predicted octanol–water partition coefficient (Wildman–Crippen LogP) is 4.15. The minimum atomic E-state index is -0.156. The van der Waals surface area contributed by atoms with Gasteiger partial charge in [0.25, 0.3) is 0 Å². The van der Waals surface area contributed by atoms with Gasteiger partial charge < -0.3 is 15.5 Å². The highest BCUT2D eigenvalue weighted by Crippen LogP contribution is 2.48. The molecule has 0 saturated heterocycles. The van der Waals surface area contributed by atoms with Crippen molar-refractivity contribution in [1.82, 2.24) is 15.5 Å². The van der Waals surface area contributed by atoms with E-state index < -0.39 is 0 Å². The SMILES string of the molecule is CCNC(=NCC1(c2cccc(F)c2)CC1)NCCCCN(CC)CC.I. The lowest BCUT2D eigenvalue weighted by molar-refractivity contribution is 0.297. The van der Waals surface area contributed by atoms with Gasteiger partial charge in [-0.25, -0.2) is 4.39 Å². The van der Waals surface area contributed by atoms with Crippen molar-refractivity contribution in [2.75, 3.05) is 39.3 Å². The summed E-state index contributed by atoms with van der Waals surface area (Å²) in [6.45, 7) is 12.4. The Morgan fingerprint density at radius 3 is 2.48 bits per heavy atom. The Kier molecular flexibility index (Phi) is 11.2. The smallest absolute Gasteiger partial charge is 0.191 e. The average Bonchev–Trinajstić information content (AvgIpc) is 3.44. The maximum atomic E-state index is 13.5. The number of benzene rings is 1. The second-order valence-electron chi connectivity index (χ2n) is 7.15. The standard InChI is InChI=1S/C21H35FN4.HI/c1-4-23-20(24-14-7-8-15-26(5-2)6-3)25-17-21(12-13-21)18-10-9-11-19(22)16-18;/h9-11,16H,4-8,12-15,17H2,1-3H3,(H2,23,24,25);1H. The lowest BCUT2D eigenvalue weighted by Crippen LogP contribution is -2.38. The fourth-order valence-electron chi connectivity index (χ4n) is 3.29. The number of aliphatic imine (C=N–C) groups is 1. The molecular formula is C21H36FIN4. The zero-order valence-corrected chi connectivity index (χ0v) is 19.4. The highest BCUT2D eigenvalue weighted by Gasteiger charge is 2.44. The van der Waals surface area contributed by atoms with Crippen LogP contribution in [-0.2, 0) is 5.41 Å². The highest BCUT2D eigenvalue weighted by atomic mass is 127. The summed E-state index contributed by atoms with van der Waals surface area (Å²) in [6.07, 6.45) is 4.50. The molecule has 1 aromatic carbocycles. The molecule has 1 aliphatic carbocycles. The Bertz CT molecular complexity index is 571. The van der Waals surface area contributed by atoms with Crippen molar-refractivity contribution in [3.8, 4) is 0 Å². The Labute approximate surface area is 181 Å². The lowest BCUT2D eigenvalue weighted by Gasteiger charge is -2.18. The summed E-state index contributed by atoms with van der Waals surface area (Å²) in [5.74, 6) is 0.717. The summed E-state index contributed by atoms with van der Waals surface area (Å²) in [4.78, 5) is 7.23. The number of hydrogen-bond donors (Lipinski definition) is 2. The van der Waals surface area contributed by atoms with Gasteiger partial charge in [-0.15, -0.1) is 24.0 Å². The van der Waals surface area contributed by atoms with Gasteiger partial charge in [0.2, 0.25) is 0 Å². The van der Waals surface area contributed by atoms with Gasteiger partial charge in [-0.1, -0.05) is 26.0 Å². The topological polar surface area (TPSA) is 39.7 Å². The summed E-state index contributed by atoms with van der Waals surface area (Å²) in [6, 6.07) is 7.00. The normalized spacial score (nSPS) is 15.4. The molecule has 2 rings (SSSR count). The molecule has 0 radical (unpaired) electrons. The molecule has 4 nitrogen and oxygen atoms in total. The van der Waals surface area contributed by atoms with Crippen LogP contribution in [0.15, 0.2) is 29.3 Å². The molecular weight excluding hydrogens is 454 g/mol. The van der Waals surface area contributed by atoms with Crippen LogP contribution in [0.4, 0.5) is 4.39 Å². The summed E-state index contributed by atoms with van der Waals surface area (Å²) in [5, 5.41) is 6.76. The number of rotatable bonds is 11. The van der Waals surface area contributed by atoms with Gasteiger partial charge in [0, 0.05) is 18.5 Å². The van der Waals surface area contributed by atoms with Gasteiger partial charge in [0.05, 0.1) is 6.54 Å². The highest BCUT2D eigenvalue weighted by molar-refractivity contribution is 14.0. The van der Waals surface area contributed by atoms with E-state index in [0.29, 0.717) is 6.54 Å². The monoisotopic (exact) mass is 490 g/mol. The molecule has 6 heteroatoms. The Hall–Kier alpha value is -0.890. The van der Waals surface area contributed by atoms with Crippen LogP contribution in [0, 0.1) is 5.82 Å². The number of hydrogen-bond acceptors (Lipinski definition) is 2. The van der Waals surface area contributed by atoms with E-state index >= 15 is 0 Å². The summed E-state index contributed by atoms with van der Waals surface area (Å²) in [7, 11) is 0. The Balaban J connectivity index is 0.00000364. The van der Waals surface area contributed by atoms with Crippen molar-refractivity contribution in [2.24, 2.45) is 4.99 Å². The van der Waals surface area contributed by atoms with Crippen molar-refractivity contribution >= 4 is 29.9 Å². The summed E-state index contributed by atoms with van der Waals surface area (Å²) >= 11 is 0. The van der Waals surface area contributed by atoms with E-state index in [1.54, 1.807) is 12.1 Å². The molecule has 0 amide bonds. The molecule has 27 heavy (non-hydrogen) atoms. The first-order valence-electron chi connectivity index (χ1n) is 10.1. The van der Waals surface area contributed by atoms with E-state index in [0.717, 1.165) is 63.5 Å². The van der Waals surface area contributed by atoms with E-state index in [4.69, 9.17) is 4.99 Å². The van der Waals surface area contributed by atoms with Crippen LogP contribution in [0.25, 0.3) is 0 Å². The third-order valence-electron chi connectivity index (χ3n) is 5.26. The van der Waals surface area contributed by atoms with Gasteiger partial charge in [-0.05, 0) is 69.9 Å². The fourth-order valence-corrected chi connectivity index (χ4v) is 3.29. The van der Waals surface area contributed by atoms with Crippen LogP contribution in [-0.4, -0.2) is 50.1 Å². The largest absolute Gasteiger partial charge is 0.357 e. The third-order valence-corrected chi connectivity index (χ3v) is 5.26. The average molecular weight is 490 g/mol. The van der Waals surface area contributed by atoms with E-state index in [9.17, 15) is 4.39 Å². The predicted molar refractivity (Wildman–Crippen MR) is 124 cm³/mol. The summed E-state index contributed by atoms with van der Waals surface area (Å²) in [5.41, 5.74) is 1.11. The van der Waals surface area contributed by atoms with Crippen LogP contribution >= 0.6 is 24.0 Å². The van der Waals surface area contributed by atoms with Gasteiger partial charge >= 0.3 is 0 Å². The van der Waals surface area contributed by atoms with Gasteiger partial charge in [0.15, 0.2) is 5.96 Å². The molecule has 1 aromatic rings. The quantitative estimate of drug-likeness (QED) is 0.212. The summed E-state index contributed by atoms with van der Waals surface area (Å²) < 4.78 is 13.5. The van der Waals surface area contributed by atoms with Gasteiger partial charge in [-0.3, -0.25) is 4.99 Å². The zero-order valence-electron chi connectivity index (χ0n) is 17.1. The second-order valence-corrected chi connectivity index (χ2v) is 7.15. The van der Waals surface area contributed by atoms with Crippen LogP contribution in [0.5, 0.6) is 0 Å². The van der Waals surface area contributed by atoms with Crippen LogP contribution < -0.4 is 10.6 Å². The minimum Gasteiger partial charge on any atom is -0.357 e. The lowest BCUT2D eigenvalue weighted by atomic mass is 9.96. The number of halogens is 2. The molecule has 0 spiro atoms. The molecule has 1 fully saturated rings. The molecule has 0 atom stereocenters. The van der Waals surface area contributed by atoms with Crippen LogP contribution in [0.1, 0.15) is 52.0 Å². The number of nitrogens with zero attached hydrogens (tertiary/aromatic N) is 2. The molecule has 0 aromatic heterocycles. The second kappa shape index (κ2) is 12.5. The first-order valence-corrected chi connectivity index (χ1v) is 10.1. The van der Waals surface area contributed by atoms with E-state index in [-0.39, 0.29) is 35.2 Å². The molecule has 1 aliphatic rings. The van der Waals surface area contributed by atoms with Crippen LogP contribution in [0.3, 0.4) is 0 Å². The molecule has 0 aliphatic heterocycles. The zero-order chi connectivity index (χ0) is 18.8. The molecule has 2 N–H and O–H groups in total. The van der Waals surface area contributed by atoms with Gasteiger partial charge in [-0.2, -0.15) is 0 Å². The Morgan fingerprint density at radius 2 is 1.89 bits per heavy atom. The van der Waals surface area contributed by atoms with Crippen molar-refractivity contribution in [3.05, 3.63) is 35.6 Å². The van der Waals surface area contributed by atoms with Crippen molar-refractivity contribution < 1.29 is 4.39 Å². The first-order chi connectivity index (χ1) is 12.6. The van der Waals surface area contributed by atoms with Crippen molar-refractivity contribution in [3.63, 3.8) is 0 Å². The Morgan fingerprint density at radius 1 is 1.15 bits per heavy atom. The molecule has 0 heterocycles. The molecule has 154 valence electrons. The molecule has 1 saturated carbocycles. The van der Waals surface area contributed by atoms with Crippen molar-refractivity contribution in [2.45, 2.75) is 51.9 Å².